The normalized spacial score (nSPS) is 18.7. The molecule has 18 heavy (non-hydrogen) atoms. The van der Waals surface area contributed by atoms with Crippen LogP contribution in [0.4, 0.5) is 0 Å². The van der Waals surface area contributed by atoms with E-state index < -0.39 is 0 Å². The first-order valence-electron chi connectivity index (χ1n) is 5.72. The molecule has 2 heterocycles. The molecule has 7 heteroatoms. The van der Waals surface area contributed by atoms with Gasteiger partial charge in [0.25, 0.3) is 0 Å². The van der Waals surface area contributed by atoms with Crippen molar-refractivity contribution >= 4 is 30.7 Å². The summed E-state index contributed by atoms with van der Waals surface area (Å²) in [6.07, 6.45) is 5.92. The third-order valence-corrected chi connectivity index (χ3v) is 2.86. The zero-order chi connectivity index (χ0) is 11.4. The molecule has 2 rings (SSSR count). The number of nitrogens with one attached hydrogen (secondary N) is 1. The molecule has 0 unspecified atom stereocenters. The number of amides is 1. The fraction of sp³-hybridized carbons (Fsp3) is 0.636. The van der Waals surface area contributed by atoms with E-state index in [4.69, 9.17) is 0 Å². The molecule has 5 nitrogen and oxygen atoms in total. The summed E-state index contributed by atoms with van der Waals surface area (Å²) >= 11 is 0. The Bertz CT molecular complexity index is 345. The Kier molecular flexibility index (Phi) is 7.98. The second kappa shape index (κ2) is 8.34. The Balaban J connectivity index is 0.00000144. The van der Waals surface area contributed by atoms with Gasteiger partial charge in [0.1, 0.15) is 0 Å². The van der Waals surface area contributed by atoms with E-state index in [1.165, 1.54) is 0 Å². The average Bonchev–Trinajstić information content (AvgIpc) is 2.78. The predicted molar refractivity (Wildman–Crippen MR) is 75.4 cm³/mol. The van der Waals surface area contributed by atoms with E-state index in [1.807, 2.05) is 15.7 Å². The molecule has 0 aliphatic carbocycles. The Morgan fingerprint density at radius 1 is 1.50 bits per heavy atom. The first-order chi connectivity index (χ1) is 7.75. The molecule has 1 aliphatic heterocycles. The summed E-state index contributed by atoms with van der Waals surface area (Å²) in [5.74, 6) is 0.238. The third-order valence-electron chi connectivity index (χ3n) is 2.86. The van der Waals surface area contributed by atoms with Crippen molar-refractivity contribution in [3.63, 3.8) is 0 Å². The van der Waals surface area contributed by atoms with Gasteiger partial charge in [0.05, 0.1) is 6.33 Å². The topological polar surface area (TPSA) is 50.2 Å². The fourth-order valence-corrected chi connectivity index (χ4v) is 1.96. The number of aromatic nitrogens is 2. The van der Waals surface area contributed by atoms with Gasteiger partial charge in [-0.05, 0) is 6.92 Å². The molecule has 1 N–H and O–H groups in total. The smallest absolute Gasteiger partial charge is 0.224 e. The van der Waals surface area contributed by atoms with E-state index in [9.17, 15) is 4.79 Å². The number of hydrogen-bond acceptors (Lipinski definition) is 3. The van der Waals surface area contributed by atoms with Crippen LogP contribution in [0, 0.1) is 0 Å². The highest BCUT2D eigenvalue weighted by Gasteiger charge is 2.19. The van der Waals surface area contributed by atoms with Crippen molar-refractivity contribution in [2.45, 2.75) is 25.9 Å². The molecule has 104 valence electrons. The molecule has 1 aliphatic rings. The molecule has 1 aromatic heterocycles. The standard InChI is InChI=1S/C11H18N4O.2ClH/c1-10-8-15(7-4-13-10)11(16)2-5-14-6-3-12-9-14;;/h3,6,9-10,13H,2,4-5,7-8H2,1H3;2*1H/t10-;;/m0../s1. The van der Waals surface area contributed by atoms with Crippen LogP contribution in [0.5, 0.6) is 0 Å². The molecule has 1 atom stereocenters. The Labute approximate surface area is 120 Å². The molecule has 0 saturated carbocycles. The average molecular weight is 295 g/mol. The lowest BCUT2D eigenvalue weighted by molar-refractivity contribution is -0.132. The Morgan fingerprint density at radius 2 is 2.28 bits per heavy atom. The summed E-state index contributed by atoms with van der Waals surface area (Å²) in [5.41, 5.74) is 0. The number of imidazole rings is 1. The highest BCUT2D eigenvalue weighted by Crippen LogP contribution is 2.02. The van der Waals surface area contributed by atoms with Crippen molar-refractivity contribution in [2.24, 2.45) is 0 Å². The minimum Gasteiger partial charge on any atom is -0.340 e. The van der Waals surface area contributed by atoms with E-state index in [1.54, 1.807) is 12.5 Å². The van der Waals surface area contributed by atoms with Crippen molar-refractivity contribution in [1.82, 2.24) is 19.8 Å². The Hall–Kier alpha value is -0.780. The molecule has 0 aromatic carbocycles. The zero-order valence-electron chi connectivity index (χ0n) is 10.4. The van der Waals surface area contributed by atoms with Gasteiger partial charge in [0.2, 0.25) is 5.91 Å². The summed E-state index contributed by atoms with van der Waals surface area (Å²) < 4.78 is 1.93. The maximum atomic E-state index is 11.9. The van der Waals surface area contributed by atoms with Crippen LogP contribution in [0.25, 0.3) is 0 Å². The highest BCUT2D eigenvalue weighted by molar-refractivity contribution is 5.85. The minimum atomic E-state index is 0. The van der Waals surface area contributed by atoms with E-state index in [0.29, 0.717) is 12.5 Å². The lowest BCUT2D eigenvalue weighted by Crippen LogP contribution is -2.51. The number of rotatable bonds is 3. The van der Waals surface area contributed by atoms with E-state index in [-0.39, 0.29) is 30.7 Å². The summed E-state index contributed by atoms with van der Waals surface area (Å²) in [6, 6.07) is 0.408. The number of nitrogens with zero attached hydrogens (tertiary/aromatic N) is 3. The van der Waals surface area contributed by atoms with Crippen molar-refractivity contribution in [3.8, 4) is 0 Å². The van der Waals surface area contributed by atoms with Gasteiger partial charge in [-0.25, -0.2) is 4.98 Å². The quantitative estimate of drug-likeness (QED) is 0.903. The van der Waals surface area contributed by atoms with Crippen molar-refractivity contribution in [1.29, 1.82) is 0 Å². The molecule has 0 spiro atoms. The van der Waals surface area contributed by atoms with Crippen molar-refractivity contribution in [3.05, 3.63) is 18.7 Å². The van der Waals surface area contributed by atoms with Crippen LogP contribution < -0.4 is 5.32 Å². The summed E-state index contributed by atoms with van der Waals surface area (Å²) in [6.45, 7) is 5.38. The molecule has 1 fully saturated rings. The van der Waals surface area contributed by atoms with Gasteiger partial charge in [-0.1, -0.05) is 0 Å². The number of carbonyl (C=O) groups excluding carboxylic acids is 1. The molecule has 1 aromatic rings. The number of carbonyl (C=O) groups is 1. The summed E-state index contributed by atoms with van der Waals surface area (Å²) in [7, 11) is 0. The predicted octanol–water partition coefficient (Wildman–Crippen LogP) is 0.937. The molecule has 0 radical (unpaired) electrons. The second-order valence-corrected chi connectivity index (χ2v) is 4.25. The van der Waals surface area contributed by atoms with Crippen LogP contribution in [0.3, 0.4) is 0 Å². The zero-order valence-corrected chi connectivity index (χ0v) is 12.0. The number of aryl methyl sites for hydroxylation is 1. The van der Waals surface area contributed by atoms with E-state index >= 15 is 0 Å². The van der Waals surface area contributed by atoms with Gasteiger partial charge in [-0.15, -0.1) is 24.8 Å². The van der Waals surface area contributed by atoms with Gasteiger partial charge in [0, 0.05) is 51.0 Å². The van der Waals surface area contributed by atoms with Gasteiger partial charge in [0.15, 0.2) is 0 Å². The van der Waals surface area contributed by atoms with Crippen LogP contribution in [0.2, 0.25) is 0 Å². The van der Waals surface area contributed by atoms with Gasteiger partial charge < -0.3 is 14.8 Å². The van der Waals surface area contributed by atoms with E-state index in [2.05, 4.69) is 17.2 Å². The summed E-state index contributed by atoms with van der Waals surface area (Å²) in [4.78, 5) is 17.8. The van der Waals surface area contributed by atoms with Crippen LogP contribution in [0.1, 0.15) is 13.3 Å². The van der Waals surface area contributed by atoms with Crippen LogP contribution in [-0.4, -0.2) is 46.0 Å². The molecule has 0 bridgehead atoms. The van der Waals surface area contributed by atoms with Crippen LogP contribution in [-0.2, 0) is 11.3 Å². The SMILES string of the molecule is C[C@H]1CN(C(=O)CCn2ccnc2)CCN1.Cl.Cl. The van der Waals surface area contributed by atoms with Crippen molar-refractivity contribution < 1.29 is 4.79 Å². The first-order valence-corrected chi connectivity index (χ1v) is 5.72. The maximum absolute atomic E-state index is 11.9. The number of halogens is 2. The van der Waals surface area contributed by atoms with Crippen LogP contribution >= 0.6 is 24.8 Å². The maximum Gasteiger partial charge on any atom is 0.224 e. The van der Waals surface area contributed by atoms with Crippen molar-refractivity contribution in [2.75, 3.05) is 19.6 Å². The number of hydrogen-bond donors (Lipinski definition) is 1. The second-order valence-electron chi connectivity index (χ2n) is 4.25. The minimum absolute atomic E-state index is 0. The lowest BCUT2D eigenvalue weighted by atomic mass is 10.2. The monoisotopic (exact) mass is 294 g/mol. The molecule has 1 amide bonds. The van der Waals surface area contributed by atoms with Gasteiger partial charge in [-0.3, -0.25) is 4.79 Å². The lowest BCUT2D eigenvalue weighted by Gasteiger charge is -2.32. The van der Waals surface area contributed by atoms with Gasteiger partial charge >= 0.3 is 0 Å². The largest absolute Gasteiger partial charge is 0.340 e. The fourth-order valence-electron chi connectivity index (χ4n) is 1.96. The molecular weight excluding hydrogens is 275 g/mol. The summed E-state index contributed by atoms with van der Waals surface area (Å²) in [5, 5.41) is 3.33. The van der Waals surface area contributed by atoms with Gasteiger partial charge in [-0.2, -0.15) is 0 Å². The molecular formula is C11H20Cl2N4O. The van der Waals surface area contributed by atoms with Crippen LogP contribution in [0.15, 0.2) is 18.7 Å². The molecule has 1 saturated heterocycles. The first kappa shape index (κ1) is 17.2. The third kappa shape index (κ3) is 4.84. The Morgan fingerprint density at radius 3 is 2.89 bits per heavy atom. The van der Waals surface area contributed by atoms with E-state index in [0.717, 1.165) is 26.2 Å². The number of piperazine rings is 1. The highest BCUT2D eigenvalue weighted by atomic mass is 35.5.